The third-order valence-electron chi connectivity index (χ3n) is 2.19. The molecule has 0 unspecified atom stereocenters. The van der Waals surface area contributed by atoms with Gasteiger partial charge in [-0.25, -0.2) is 4.98 Å². The average molecular weight is 246 g/mol. The molecule has 0 saturated heterocycles. The van der Waals surface area contributed by atoms with Crippen LogP contribution in [0.25, 0.3) is 0 Å². The molecule has 0 atom stereocenters. The van der Waals surface area contributed by atoms with Gasteiger partial charge in [-0.1, -0.05) is 29.5 Å². The third kappa shape index (κ3) is 3.10. The zero-order chi connectivity index (χ0) is 12.3. The first kappa shape index (κ1) is 11.7. The molecular weight excluding hydrogens is 232 g/mol. The summed E-state index contributed by atoms with van der Waals surface area (Å²) in [5.74, 6) is 1.01. The SMILES string of the molecule is CNc1cc(Sc2cccc(C)c2)nc(N)n1. The van der Waals surface area contributed by atoms with Crippen molar-refractivity contribution in [1.29, 1.82) is 0 Å². The highest BCUT2D eigenvalue weighted by Crippen LogP contribution is 2.28. The predicted octanol–water partition coefficient (Wildman–Crippen LogP) is 2.56. The Morgan fingerprint density at radius 1 is 1.24 bits per heavy atom. The van der Waals surface area contributed by atoms with Gasteiger partial charge in [0.05, 0.1) is 0 Å². The first-order chi connectivity index (χ1) is 8.17. The molecule has 0 radical (unpaired) electrons. The molecule has 1 aromatic carbocycles. The number of nitrogens with two attached hydrogens (primary N) is 1. The molecule has 0 spiro atoms. The van der Waals surface area contributed by atoms with Crippen LogP contribution in [0.2, 0.25) is 0 Å². The van der Waals surface area contributed by atoms with E-state index in [1.165, 1.54) is 5.56 Å². The fourth-order valence-corrected chi connectivity index (χ4v) is 2.37. The van der Waals surface area contributed by atoms with Crippen molar-refractivity contribution in [3.63, 3.8) is 0 Å². The molecule has 0 saturated carbocycles. The van der Waals surface area contributed by atoms with Gasteiger partial charge in [0.2, 0.25) is 5.95 Å². The van der Waals surface area contributed by atoms with Crippen LogP contribution in [0.15, 0.2) is 40.3 Å². The molecule has 0 aliphatic heterocycles. The summed E-state index contributed by atoms with van der Waals surface area (Å²) in [6.45, 7) is 2.07. The van der Waals surface area contributed by atoms with Crippen LogP contribution >= 0.6 is 11.8 Å². The van der Waals surface area contributed by atoms with Crippen molar-refractivity contribution in [2.45, 2.75) is 16.8 Å². The second-order valence-corrected chi connectivity index (χ2v) is 4.71. The average Bonchev–Trinajstić information content (AvgIpc) is 2.28. The Labute approximate surface area is 105 Å². The van der Waals surface area contributed by atoms with Crippen molar-refractivity contribution in [3.8, 4) is 0 Å². The van der Waals surface area contributed by atoms with E-state index < -0.39 is 0 Å². The second-order valence-electron chi connectivity index (χ2n) is 3.62. The number of hydrogen-bond acceptors (Lipinski definition) is 5. The number of benzene rings is 1. The number of nitrogens with zero attached hydrogens (tertiary/aromatic N) is 2. The summed E-state index contributed by atoms with van der Waals surface area (Å²) in [6, 6.07) is 10.1. The highest BCUT2D eigenvalue weighted by atomic mass is 32.2. The van der Waals surface area contributed by atoms with Gasteiger partial charge in [0.15, 0.2) is 0 Å². The minimum Gasteiger partial charge on any atom is -0.373 e. The highest BCUT2D eigenvalue weighted by Gasteiger charge is 2.03. The Kier molecular flexibility index (Phi) is 3.49. The predicted molar refractivity (Wildman–Crippen MR) is 71.3 cm³/mol. The minimum atomic E-state index is 0.284. The lowest BCUT2D eigenvalue weighted by molar-refractivity contribution is 1.06. The molecule has 17 heavy (non-hydrogen) atoms. The summed E-state index contributed by atoms with van der Waals surface area (Å²) in [6.07, 6.45) is 0. The van der Waals surface area contributed by atoms with Crippen LogP contribution in [-0.2, 0) is 0 Å². The number of hydrogen-bond donors (Lipinski definition) is 2. The van der Waals surface area contributed by atoms with Gasteiger partial charge in [-0.05, 0) is 19.1 Å². The smallest absolute Gasteiger partial charge is 0.223 e. The van der Waals surface area contributed by atoms with Crippen molar-refractivity contribution in [2.75, 3.05) is 18.1 Å². The van der Waals surface area contributed by atoms with Crippen LogP contribution in [-0.4, -0.2) is 17.0 Å². The van der Waals surface area contributed by atoms with E-state index >= 15 is 0 Å². The summed E-state index contributed by atoms with van der Waals surface area (Å²) >= 11 is 1.57. The molecule has 88 valence electrons. The lowest BCUT2D eigenvalue weighted by atomic mass is 10.2. The molecule has 4 nitrogen and oxygen atoms in total. The van der Waals surface area contributed by atoms with Crippen LogP contribution in [0.4, 0.5) is 11.8 Å². The Bertz CT molecular complexity index is 528. The molecular formula is C12H14N4S. The van der Waals surface area contributed by atoms with Gasteiger partial charge in [0, 0.05) is 18.0 Å². The van der Waals surface area contributed by atoms with E-state index in [0.717, 1.165) is 15.7 Å². The monoisotopic (exact) mass is 246 g/mol. The fourth-order valence-electron chi connectivity index (χ4n) is 1.42. The van der Waals surface area contributed by atoms with Gasteiger partial charge < -0.3 is 11.1 Å². The van der Waals surface area contributed by atoms with Crippen molar-refractivity contribution < 1.29 is 0 Å². The van der Waals surface area contributed by atoms with Crippen LogP contribution in [0.1, 0.15) is 5.56 Å². The molecule has 1 aromatic heterocycles. The van der Waals surface area contributed by atoms with Crippen molar-refractivity contribution in [3.05, 3.63) is 35.9 Å². The molecule has 0 aliphatic carbocycles. The van der Waals surface area contributed by atoms with Crippen LogP contribution in [0.5, 0.6) is 0 Å². The molecule has 3 N–H and O–H groups in total. The minimum absolute atomic E-state index is 0.284. The molecule has 2 rings (SSSR count). The van der Waals surface area contributed by atoms with E-state index in [1.807, 2.05) is 19.2 Å². The van der Waals surface area contributed by atoms with Crippen molar-refractivity contribution >= 4 is 23.5 Å². The van der Waals surface area contributed by atoms with E-state index in [9.17, 15) is 0 Å². The third-order valence-corrected chi connectivity index (χ3v) is 3.10. The first-order valence-corrected chi connectivity index (χ1v) is 6.06. The highest BCUT2D eigenvalue weighted by molar-refractivity contribution is 7.99. The molecule has 0 amide bonds. The summed E-state index contributed by atoms with van der Waals surface area (Å²) < 4.78 is 0. The van der Waals surface area contributed by atoms with Gasteiger partial charge in [0.25, 0.3) is 0 Å². The van der Waals surface area contributed by atoms with Crippen molar-refractivity contribution in [1.82, 2.24) is 9.97 Å². The summed E-state index contributed by atoms with van der Waals surface area (Å²) in [4.78, 5) is 9.39. The summed E-state index contributed by atoms with van der Waals surface area (Å²) in [5.41, 5.74) is 6.87. The Morgan fingerprint density at radius 2 is 2.06 bits per heavy atom. The van der Waals surface area contributed by atoms with E-state index in [2.05, 4.69) is 40.4 Å². The van der Waals surface area contributed by atoms with E-state index in [4.69, 9.17) is 5.73 Å². The van der Waals surface area contributed by atoms with Gasteiger partial charge in [-0.15, -0.1) is 0 Å². The lowest BCUT2D eigenvalue weighted by Crippen LogP contribution is -2.00. The van der Waals surface area contributed by atoms with Crippen molar-refractivity contribution in [2.24, 2.45) is 0 Å². The van der Waals surface area contributed by atoms with Gasteiger partial charge >= 0.3 is 0 Å². The van der Waals surface area contributed by atoms with Gasteiger partial charge in [-0.3, -0.25) is 0 Å². The molecule has 0 bridgehead atoms. The zero-order valence-electron chi connectivity index (χ0n) is 9.77. The molecule has 0 fully saturated rings. The maximum atomic E-state index is 5.64. The number of rotatable bonds is 3. The number of nitrogen functional groups attached to an aromatic ring is 1. The topological polar surface area (TPSA) is 63.8 Å². The number of anilines is 2. The quantitative estimate of drug-likeness (QED) is 0.815. The Balaban J connectivity index is 2.26. The molecule has 2 aromatic rings. The van der Waals surface area contributed by atoms with E-state index in [1.54, 1.807) is 11.8 Å². The second kappa shape index (κ2) is 5.05. The Hall–Kier alpha value is -1.75. The van der Waals surface area contributed by atoms with Crippen LogP contribution in [0, 0.1) is 6.92 Å². The summed E-state index contributed by atoms with van der Waals surface area (Å²) in [5, 5.41) is 3.80. The number of aryl methyl sites for hydroxylation is 1. The maximum Gasteiger partial charge on any atom is 0.223 e. The first-order valence-electron chi connectivity index (χ1n) is 5.24. The lowest BCUT2D eigenvalue weighted by Gasteiger charge is -2.05. The number of nitrogens with one attached hydrogen (secondary N) is 1. The normalized spacial score (nSPS) is 10.2. The molecule has 1 heterocycles. The van der Waals surface area contributed by atoms with E-state index in [0.29, 0.717) is 0 Å². The summed E-state index contributed by atoms with van der Waals surface area (Å²) in [7, 11) is 1.81. The maximum absolute atomic E-state index is 5.64. The zero-order valence-corrected chi connectivity index (χ0v) is 10.6. The van der Waals surface area contributed by atoms with Crippen LogP contribution in [0.3, 0.4) is 0 Å². The van der Waals surface area contributed by atoms with E-state index in [-0.39, 0.29) is 5.95 Å². The molecule has 0 aliphatic rings. The number of aromatic nitrogens is 2. The van der Waals surface area contributed by atoms with Crippen LogP contribution < -0.4 is 11.1 Å². The van der Waals surface area contributed by atoms with Gasteiger partial charge in [0.1, 0.15) is 10.8 Å². The van der Waals surface area contributed by atoms with Gasteiger partial charge in [-0.2, -0.15) is 4.98 Å². The Morgan fingerprint density at radius 3 is 2.76 bits per heavy atom. The largest absolute Gasteiger partial charge is 0.373 e. The standard InChI is InChI=1S/C12H14N4S/c1-8-4-3-5-9(6-8)17-11-7-10(14-2)15-12(13)16-11/h3-7H,1-2H3,(H3,13,14,15,16). The fraction of sp³-hybridized carbons (Fsp3) is 0.167. The molecule has 5 heteroatoms.